The molecule has 0 amide bonds. The van der Waals surface area contributed by atoms with Crippen LogP contribution in [0.3, 0.4) is 0 Å². The van der Waals surface area contributed by atoms with E-state index in [2.05, 4.69) is 0 Å². The molecule has 1 aromatic carbocycles. The second-order valence-corrected chi connectivity index (χ2v) is 5.13. The molecule has 0 spiro atoms. The molecule has 2 N–H and O–H groups in total. The molecule has 20 heavy (non-hydrogen) atoms. The van der Waals surface area contributed by atoms with Crippen molar-refractivity contribution in [2.45, 2.75) is 39.0 Å². The molecule has 0 aliphatic carbocycles. The van der Waals surface area contributed by atoms with Crippen molar-refractivity contribution < 1.29 is 19.8 Å². The fraction of sp³-hybridized carbons (Fsp3) is 0.500. The quantitative estimate of drug-likeness (QED) is 0.727. The van der Waals surface area contributed by atoms with Crippen molar-refractivity contribution in [3.8, 4) is 0 Å². The van der Waals surface area contributed by atoms with Crippen LogP contribution in [0.1, 0.15) is 38.2 Å². The summed E-state index contributed by atoms with van der Waals surface area (Å²) in [7, 11) is 0. The molecule has 1 aromatic rings. The smallest absolute Gasteiger partial charge is 0.306 e. The second kappa shape index (κ2) is 8.35. The highest BCUT2D eigenvalue weighted by molar-refractivity contribution is 5.71. The van der Waals surface area contributed by atoms with Crippen LogP contribution in [0.25, 0.3) is 0 Å². The summed E-state index contributed by atoms with van der Waals surface area (Å²) in [4.78, 5) is 22.4. The molecule has 1 rings (SSSR count). The van der Waals surface area contributed by atoms with Gasteiger partial charge in [-0.2, -0.15) is 0 Å². The lowest BCUT2D eigenvalue weighted by atomic mass is 9.89. The Balaban J connectivity index is 2.59. The number of carboxylic acids is 2. The van der Waals surface area contributed by atoms with E-state index >= 15 is 0 Å². The van der Waals surface area contributed by atoms with Gasteiger partial charge in [0.15, 0.2) is 0 Å². The largest absolute Gasteiger partial charge is 0.481 e. The van der Waals surface area contributed by atoms with Crippen molar-refractivity contribution in [1.29, 1.82) is 0 Å². The molecule has 110 valence electrons. The molecular weight excluding hydrogens is 256 g/mol. The Labute approximate surface area is 119 Å². The van der Waals surface area contributed by atoms with Crippen molar-refractivity contribution in [2.24, 2.45) is 11.8 Å². The van der Waals surface area contributed by atoms with Gasteiger partial charge in [0.25, 0.3) is 0 Å². The molecule has 0 radical (unpaired) electrons. The predicted octanol–water partition coefficient (Wildman–Crippen LogP) is 3.21. The van der Waals surface area contributed by atoms with Crippen molar-refractivity contribution in [2.75, 3.05) is 0 Å². The number of carbonyl (C=O) groups is 2. The standard InChI is InChI=1S/C16H22O4/c1-2-6-13(15(17)18)9-10-14(16(19)20)11-12-7-4-3-5-8-12/h3-5,7-8,13-14H,2,6,9-11H2,1H3,(H,17,18)(H,19,20). The summed E-state index contributed by atoms with van der Waals surface area (Å²) in [5, 5.41) is 18.4. The van der Waals surface area contributed by atoms with Crippen molar-refractivity contribution >= 4 is 11.9 Å². The van der Waals surface area contributed by atoms with Crippen LogP contribution in [0, 0.1) is 11.8 Å². The Morgan fingerprint density at radius 1 is 0.950 bits per heavy atom. The van der Waals surface area contributed by atoms with Crippen LogP contribution in [0.5, 0.6) is 0 Å². The molecule has 0 aliphatic heterocycles. The van der Waals surface area contributed by atoms with Crippen molar-refractivity contribution in [1.82, 2.24) is 0 Å². The van der Waals surface area contributed by atoms with E-state index < -0.39 is 23.8 Å². The zero-order chi connectivity index (χ0) is 15.0. The summed E-state index contributed by atoms with van der Waals surface area (Å²) in [5.41, 5.74) is 0.974. The fourth-order valence-corrected chi connectivity index (χ4v) is 2.35. The molecule has 0 bridgehead atoms. The molecular formula is C16H22O4. The molecule has 0 saturated heterocycles. The van der Waals surface area contributed by atoms with Crippen molar-refractivity contribution in [3.63, 3.8) is 0 Å². The predicted molar refractivity (Wildman–Crippen MR) is 76.5 cm³/mol. The first-order chi connectivity index (χ1) is 9.54. The van der Waals surface area contributed by atoms with Crippen molar-refractivity contribution in [3.05, 3.63) is 35.9 Å². The average Bonchev–Trinajstić information content (AvgIpc) is 2.42. The van der Waals surface area contributed by atoms with Crippen LogP contribution in [0.4, 0.5) is 0 Å². The van der Waals surface area contributed by atoms with E-state index in [0.29, 0.717) is 25.7 Å². The number of hydrogen-bond donors (Lipinski definition) is 2. The van der Waals surface area contributed by atoms with Gasteiger partial charge >= 0.3 is 11.9 Å². The maximum atomic E-state index is 11.3. The van der Waals surface area contributed by atoms with Crippen LogP contribution in [-0.2, 0) is 16.0 Å². The molecule has 0 aliphatic rings. The van der Waals surface area contributed by atoms with E-state index in [1.54, 1.807) is 0 Å². The highest BCUT2D eigenvalue weighted by Crippen LogP contribution is 2.21. The fourth-order valence-electron chi connectivity index (χ4n) is 2.35. The third-order valence-corrected chi connectivity index (χ3v) is 3.52. The van der Waals surface area contributed by atoms with Gasteiger partial charge in [0.1, 0.15) is 0 Å². The third kappa shape index (κ3) is 5.43. The Bertz CT molecular complexity index is 427. The zero-order valence-electron chi connectivity index (χ0n) is 11.8. The van der Waals surface area contributed by atoms with Crippen LogP contribution in [-0.4, -0.2) is 22.2 Å². The van der Waals surface area contributed by atoms with Gasteiger partial charge in [-0.05, 0) is 31.2 Å². The van der Waals surface area contributed by atoms with Gasteiger partial charge in [0.05, 0.1) is 11.8 Å². The Kier molecular flexibility index (Phi) is 6.77. The highest BCUT2D eigenvalue weighted by atomic mass is 16.4. The van der Waals surface area contributed by atoms with Gasteiger partial charge in [0, 0.05) is 0 Å². The van der Waals surface area contributed by atoms with Gasteiger partial charge in [-0.15, -0.1) is 0 Å². The highest BCUT2D eigenvalue weighted by Gasteiger charge is 2.22. The third-order valence-electron chi connectivity index (χ3n) is 3.52. The van der Waals surface area contributed by atoms with Gasteiger partial charge in [-0.1, -0.05) is 43.7 Å². The minimum Gasteiger partial charge on any atom is -0.481 e. The maximum Gasteiger partial charge on any atom is 0.306 e. The first-order valence-corrected chi connectivity index (χ1v) is 7.04. The average molecular weight is 278 g/mol. The molecule has 2 unspecified atom stereocenters. The lowest BCUT2D eigenvalue weighted by Gasteiger charge is -2.16. The number of rotatable bonds is 9. The number of hydrogen-bond acceptors (Lipinski definition) is 2. The van der Waals surface area contributed by atoms with Gasteiger partial charge in [0.2, 0.25) is 0 Å². The van der Waals surface area contributed by atoms with Gasteiger partial charge in [-0.25, -0.2) is 0 Å². The first kappa shape index (κ1) is 16.2. The number of carboxylic acid groups (broad SMARTS) is 2. The minimum absolute atomic E-state index is 0.404. The lowest BCUT2D eigenvalue weighted by Crippen LogP contribution is -2.20. The van der Waals surface area contributed by atoms with Crippen LogP contribution in [0.15, 0.2) is 30.3 Å². The van der Waals surface area contributed by atoms with E-state index in [1.807, 2.05) is 37.3 Å². The van der Waals surface area contributed by atoms with E-state index in [9.17, 15) is 14.7 Å². The molecule has 0 heterocycles. The minimum atomic E-state index is -0.852. The van der Waals surface area contributed by atoms with Crippen LogP contribution >= 0.6 is 0 Å². The number of benzene rings is 1. The molecule has 4 heteroatoms. The molecule has 4 nitrogen and oxygen atoms in total. The van der Waals surface area contributed by atoms with Gasteiger partial charge in [-0.3, -0.25) is 9.59 Å². The first-order valence-electron chi connectivity index (χ1n) is 7.04. The van der Waals surface area contributed by atoms with Crippen LogP contribution < -0.4 is 0 Å². The SMILES string of the molecule is CCCC(CCC(Cc1ccccc1)C(=O)O)C(=O)O. The summed E-state index contributed by atoms with van der Waals surface area (Å²) in [6.45, 7) is 1.94. The lowest BCUT2D eigenvalue weighted by molar-refractivity contribution is -0.145. The molecule has 0 fully saturated rings. The second-order valence-electron chi connectivity index (χ2n) is 5.13. The topological polar surface area (TPSA) is 74.6 Å². The van der Waals surface area contributed by atoms with E-state index in [4.69, 9.17) is 5.11 Å². The molecule has 0 aromatic heterocycles. The van der Waals surface area contributed by atoms with Gasteiger partial charge < -0.3 is 10.2 Å². The summed E-state index contributed by atoms with van der Waals surface area (Å²) >= 11 is 0. The summed E-state index contributed by atoms with van der Waals surface area (Å²) in [5.74, 6) is -2.63. The summed E-state index contributed by atoms with van der Waals surface area (Å²) in [6.07, 6.45) is 2.68. The normalized spacial score (nSPS) is 13.7. The number of aliphatic carboxylic acids is 2. The maximum absolute atomic E-state index is 11.3. The zero-order valence-corrected chi connectivity index (χ0v) is 11.8. The summed E-state index contributed by atoms with van der Waals surface area (Å²) in [6, 6.07) is 9.45. The monoisotopic (exact) mass is 278 g/mol. The molecule has 0 saturated carbocycles. The Hall–Kier alpha value is -1.84. The van der Waals surface area contributed by atoms with E-state index in [0.717, 1.165) is 12.0 Å². The Morgan fingerprint density at radius 2 is 1.50 bits per heavy atom. The van der Waals surface area contributed by atoms with E-state index in [1.165, 1.54) is 0 Å². The van der Waals surface area contributed by atoms with Crippen LogP contribution in [0.2, 0.25) is 0 Å². The van der Waals surface area contributed by atoms with E-state index in [-0.39, 0.29) is 0 Å². The Morgan fingerprint density at radius 3 is 2.00 bits per heavy atom. The molecule has 2 atom stereocenters. The summed E-state index contributed by atoms with van der Waals surface area (Å²) < 4.78 is 0.